The van der Waals surface area contributed by atoms with E-state index in [1.165, 1.54) is 6.07 Å². The Hall–Kier alpha value is 0.0900. The number of aromatic hydroxyl groups is 1. The molecule has 1 aromatic carbocycles. The van der Waals surface area contributed by atoms with Crippen LogP contribution in [0.5, 0.6) is 5.75 Å². The first-order valence-corrected chi connectivity index (χ1v) is 10.2. The summed E-state index contributed by atoms with van der Waals surface area (Å²) in [5.41, 5.74) is -0.0616. The molecule has 0 aliphatic heterocycles. The normalized spacial score (nSPS) is 13.0. The SMILES string of the molecule is O=C(OCC(CI)CS(=O)(=O)[O-])c1cc(Br)cc(Br)c1O. The number of carbonyl (C=O) groups excluding carboxylic acids is 1. The summed E-state index contributed by atoms with van der Waals surface area (Å²) in [7, 11) is -4.38. The highest BCUT2D eigenvalue weighted by Gasteiger charge is 2.19. The minimum atomic E-state index is -4.38. The Morgan fingerprint density at radius 1 is 1.43 bits per heavy atom. The molecule has 1 rings (SSSR count). The zero-order chi connectivity index (χ0) is 16.2. The molecule has 0 radical (unpaired) electrons. The lowest BCUT2D eigenvalue weighted by Gasteiger charge is -2.16. The number of benzene rings is 1. The van der Waals surface area contributed by atoms with Gasteiger partial charge in [0.1, 0.15) is 11.3 Å². The first-order valence-electron chi connectivity index (χ1n) is 5.48. The van der Waals surface area contributed by atoms with Gasteiger partial charge in [-0.25, -0.2) is 13.2 Å². The van der Waals surface area contributed by atoms with Crippen molar-refractivity contribution in [2.24, 2.45) is 5.92 Å². The van der Waals surface area contributed by atoms with Gasteiger partial charge in [0, 0.05) is 20.6 Å². The van der Waals surface area contributed by atoms with Gasteiger partial charge in [0.05, 0.1) is 21.2 Å². The van der Waals surface area contributed by atoms with Crippen LogP contribution in [0, 0.1) is 5.92 Å². The predicted molar refractivity (Wildman–Crippen MR) is 90.7 cm³/mol. The molecule has 0 aliphatic rings. The third kappa shape index (κ3) is 6.38. The van der Waals surface area contributed by atoms with Crippen molar-refractivity contribution >= 4 is 70.5 Å². The molecule has 6 nitrogen and oxygen atoms in total. The smallest absolute Gasteiger partial charge is 0.342 e. The van der Waals surface area contributed by atoms with Crippen molar-refractivity contribution in [3.05, 3.63) is 26.6 Å². The van der Waals surface area contributed by atoms with Crippen molar-refractivity contribution in [2.75, 3.05) is 16.8 Å². The molecule has 118 valence electrons. The molecule has 0 aliphatic carbocycles. The van der Waals surface area contributed by atoms with Gasteiger partial charge in [0.25, 0.3) is 0 Å². The highest BCUT2D eigenvalue weighted by atomic mass is 127. The fraction of sp³-hybridized carbons (Fsp3) is 0.364. The van der Waals surface area contributed by atoms with Crippen molar-refractivity contribution in [3.63, 3.8) is 0 Å². The highest BCUT2D eigenvalue weighted by molar-refractivity contribution is 14.1. The van der Waals surface area contributed by atoms with E-state index in [9.17, 15) is 22.9 Å². The van der Waals surface area contributed by atoms with Gasteiger partial charge in [0.15, 0.2) is 0 Å². The molecule has 1 aromatic rings. The number of alkyl halides is 1. The first kappa shape index (κ1) is 19.1. The van der Waals surface area contributed by atoms with Gasteiger partial charge in [-0.1, -0.05) is 38.5 Å². The average molecular weight is 557 g/mol. The first-order chi connectivity index (χ1) is 9.64. The largest absolute Gasteiger partial charge is 0.748 e. The number of rotatable bonds is 6. The number of halogens is 3. The summed E-state index contributed by atoms with van der Waals surface area (Å²) in [6, 6.07) is 2.94. The zero-order valence-corrected chi connectivity index (χ0v) is 16.5. The minimum Gasteiger partial charge on any atom is -0.748 e. The summed E-state index contributed by atoms with van der Waals surface area (Å²) in [4.78, 5) is 11.9. The van der Waals surface area contributed by atoms with E-state index in [1.807, 2.05) is 22.6 Å². The average Bonchev–Trinajstić information content (AvgIpc) is 2.37. The predicted octanol–water partition coefficient (Wildman–Crippen LogP) is 2.67. The van der Waals surface area contributed by atoms with E-state index in [2.05, 4.69) is 31.9 Å². The molecule has 0 fully saturated rings. The van der Waals surface area contributed by atoms with E-state index in [0.717, 1.165) is 0 Å². The van der Waals surface area contributed by atoms with Crippen LogP contribution in [0.1, 0.15) is 10.4 Å². The fourth-order valence-corrected chi connectivity index (χ4v) is 4.42. The topological polar surface area (TPSA) is 104 Å². The summed E-state index contributed by atoms with van der Waals surface area (Å²) >= 11 is 8.18. The molecule has 0 bridgehead atoms. The van der Waals surface area contributed by atoms with Crippen molar-refractivity contribution < 1.29 is 27.6 Å². The zero-order valence-electron chi connectivity index (χ0n) is 10.4. The fourth-order valence-electron chi connectivity index (χ4n) is 1.42. The lowest BCUT2D eigenvalue weighted by Crippen LogP contribution is -2.23. The van der Waals surface area contributed by atoms with Crippen LogP contribution in [-0.4, -0.2) is 40.8 Å². The summed E-state index contributed by atoms with van der Waals surface area (Å²) in [5.74, 6) is -2.26. The third-order valence-corrected chi connectivity index (χ3v) is 5.54. The van der Waals surface area contributed by atoms with Crippen molar-refractivity contribution in [1.82, 2.24) is 0 Å². The Balaban J connectivity index is 2.78. The Bertz CT molecular complexity index is 634. The van der Waals surface area contributed by atoms with Crippen LogP contribution in [0.15, 0.2) is 21.1 Å². The maximum Gasteiger partial charge on any atom is 0.342 e. The molecule has 0 spiro atoms. The number of phenolic OH excluding ortho intramolecular Hbond substituents is 1. The third-order valence-electron chi connectivity index (χ3n) is 2.36. The maximum atomic E-state index is 11.9. The van der Waals surface area contributed by atoms with E-state index in [4.69, 9.17) is 4.74 Å². The van der Waals surface area contributed by atoms with E-state index >= 15 is 0 Å². The Morgan fingerprint density at radius 3 is 2.57 bits per heavy atom. The Kier molecular flexibility index (Phi) is 7.37. The van der Waals surface area contributed by atoms with Gasteiger partial charge in [-0.2, -0.15) is 0 Å². The minimum absolute atomic E-state index is 0.0616. The van der Waals surface area contributed by atoms with Gasteiger partial charge >= 0.3 is 5.97 Å². The van der Waals surface area contributed by atoms with Crippen LogP contribution in [0.3, 0.4) is 0 Å². The summed E-state index contributed by atoms with van der Waals surface area (Å²) in [6.07, 6.45) is 0. The van der Waals surface area contributed by atoms with Gasteiger partial charge < -0.3 is 14.4 Å². The van der Waals surface area contributed by atoms with Crippen LogP contribution in [0.2, 0.25) is 0 Å². The van der Waals surface area contributed by atoms with Crippen LogP contribution in [0.25, 0.3) is 0 Å². The molecule has 0 amide bonds. The van der Waals surface area contributed by atoms with E-state index in [1.54, 1.807) is 6.07 Å². The number of hydrogen-bond acceptors (Lipinski definition) is 6. The molecule has 1 unspecified atom stereocenters. The number of carbonyl (C=O) groups is 1. The van der Waals surface area contributed by atoms with Crippen molar-refractivity contribution in [3.8, 4) is 5.75 Å². The molecule has 0 saturated carbocycles. The molecule has 0 aromatic heterocycles. The Morgan fingerprint density at radius 2 is 2.05 bits per heavy atom. The van der Waals surface area contributed by atoms with E-state index < -0.39 is 27.8 Å². The molecular weight excluding hydrogens is 547 g/mol. The second kappa shape index (κ2) is 8.09. The maximum absolute atomic E-state index is 11.9. The van der Waals surface area contributed by atoms with Gasteiger partial charge in [-0.15, -0.1) is 0 Å². The second-order valence-corrected chi connectivity index (χ2v) is 8.23. The molecule has 1 atom stereocenters. The number of hydrogen-bond donors (Lipinski definition) is 1. The van der Waals surface area contributed by atoms with E-state index in [-0.39, 0.29) is 17.9 Å². The lowest BCUT2D eigenvalue weighted by atomic mass is 10.2. The van der Waals surface area contributed by atoms with Crippen LogP contribution < -0.4 is 0 Å². The monoisotopic (exact) mass is 555 g/mol. The number of phenols is 1. The summed E-state index contributed by atoms with van der Waals surface area (Å²) in [6.45, 7) is -0.215. The van der Waals surface area contributed by atoms with Crippen LogP contribution in [0.4, 0.5) is 0 Å². The van der Waals surface area contributed by atoms with Gasteiger partial charge in [-0.3, -0.25) is 0 Å². The van der Waals surface area contributed by atoms with Crippen LogP contribution in [-0.2, 0) is 14.9 Å². The van der Waals surface area contributed by atoms with E-state index in [0.29, 0.717) is 13.4 Å². The molecule has 21 heavy (non-hydrogen) atoms. The van der Waals surface area contributed by atoms with Gasteiger partial charge in [0.2, 0.25) is 0 Å². The molecule has 0 heterocycles. The highest BCUT2D eigenvalue weighted by Crippen LogP contribution is 2.32. The number of ether oxygens (including phenoxy) is 1. The standard InChI is InChI=1S/C11H11Br2IO6S/c12-7-1-8(10(15)9(13)2-7)11(16)20-4-6(3-14)5-21(17,18)19/h1-2,6,15H,3-5H2,(H,17,18,19)/p-1. The molecule has 1 N–H and O–H groups in total. The molecular formula is C11H10Br2IO6S-. The van der Waals surface area contributed by atoms with Crippen molar-refractivity contribution in [1.29, 1.82) is 0 Å². The lowest BCUT2D eigenvalue weighted by molar-refractivity contribution is 0.0459. The molecule has 0 saturated heterocycles. The summed E-state index contributed by atoms with van der Waals surface area (Å²) in [5, 5.41) is 9.79. The Labute approximate surface area is 152 Å². The molecule has 10 heteroatoms. The number of esters is 1. The summed E-state index contributed by atoms with van der Waals surface area (Å²) < 4.78 is 38.3. The van der Waals surface area contributed by atoms with Crippen molar-refractivity contribution in [2.45, 2.75) is 0 Å². The van der Waals surface area contributed by atoms with Crippen LogP contribution >= 0.6 is 54.5 Å². The quantitative estimate of drug-likeness (QED) is 0.250. The second-order valence-electron chi connectivity index (χ2n) is 4.13. The van der Waals surface area contributed by atoms with Gasteiger partial charge in [-0.05, 0) is 28.1 Å².